The summed E-state index contributed by atoms with van der Waals surface area (Å²) < 4.78 is 0. The first-order chi connectivity index (χ1) is 9.08. The Morgan fingerprint density at radius 3 is 2.63 bits per heavy atom. The fourth-order valence-electron chi connectivity index (χ4n) is 2.76. The van der Waals surface area contributed by atoms with Crippen molar-refractivity contribution in [2.75, 3.05) is 33.2 Å². The standard InChI is InChI=1S/C17H34N2/c1-15(2)6-5-7-16(3)14-18-11-8-17-9-12-19(4)13-10-17/h6,16-18H,5,7-14H2,1-4H3. The average Bonchev–Trinajstić information content (AvgIpc) is 2.36. The van der Waals surface area contributed by atoms with Crippen molar-refractivity contribution >= 4 is 0 Å². The summed E-state index contributed by atoms with van der Waals surface area (Å²) in [6.45, 7) is 11.7. The Morgan fingerprint density at radius 2 is 2.00 bits per heavy atom. The quantitative estimate of drug-likeness (QED) is 0.532. The number of allylic oxidation sites excluding steroid dienone is 2. The smallest absolute Gasteiger partial charge is 0.00191 e. The van der Waals surface area contributed by atoms with Gasteiger partial charge in [-0.05, 0) is 91.0 Å². The summed E-state index contributed by atoms with van der Waals surface area (Å²) in [6, 6.07) is 0. The van der Waals surface area contributed by atoms with E-state index in [1.165, 1.54) is 63.9 Å². The maximum Gasteiger partial charge on any atom is -0.00191 e. The molecule has 2 nitrogen and oxygen atoms in total. The van der Waals surface area contributed by atoms with Crippen molar-refractivity contribution in [3.63, 3.8) is 0 Å². The molecule has 0 bridgehead atoms. The van der Waals surface area contributed by atoms with E-state index in [4.69, 9.17) is 0 Å². The molecule has 1 fully saturated rings. The first kappa shape index (κ1) is 16.7. The van der Waals surface area contributed by atoms with E-state index in [0.717, 1.165) is 11.8 Å². The molecule has 19 heavy (non-hydrogen) atoms. The fourth-order valence-corrected chi connectivity index (χ4v) is 2.76. The zero-order valence-electron chi connectivity index (χ0n) is 13.5. The molecule has 2 heteroatoms. The van der Waals surface area contributed by atoms with Gasteiger partial charge in [0.05, 0.1) is 0 Å². The molecule has 0 spiro atoms. The van der Waals surface area contributed by atoms with Gasteiger partial charge in [-0.1, -0.05) is 18.6 Å². The van der Waals surface area contributed by atoms with E-state index in [-0.39, 0.29) is 0 Å². The van der Waals surface area contributed by atoms with Crippen LogP contribution in [0.1, 0.15) is 52.9 Å². The third kappa shape index (κ3) is 8.43. The van der Waals surface area contributed by atoms with E-state index >= 15 is 0 Å². The second kappa shape index (κ2) is 9.55. The van der Waals surface area contributed by atoms with Crippen LogP contribution in [0.15, 0.2) is 11.6 Å². The molecule has 1 atom stereocenters. The molecule has 1 rings (SSSR count). The van der Waals surface area contributed by atoms with E-state index in [1.807, 2.05) is 0 Å². The Morgan fingerprint density at radius 1 is 1.32 bits per heavy atom. The van der Waals surface area contributed by atoms with Crippen LogP contribution in [0.2, 0.25) is 0 Å². The van der Waals surface area contributed by atoms with Crippen LogP contribution in [0.5, 0.6) is 0 Å². The number of nitrogens with zero attached hydrogens (tertiary/aromatic N) is 1. The van der Waals surface area contributed by atoms with Gasteiger partial charge in [0.1, 0.15) is 0 Å². The van der Waals surface area contributed by atoms with Crippen LogP contribution in [0.25, 0.3) is 0 Å². The number of hydrogen-bond donors (Lipinski definition) is 1. The van der Waals surface area contributed by atoms with Gasteiger partial charge in [-0.15, -0.1) is 0 Å². The van der Waals surface area contributed by atoms with Crippen LogP contribution in [-0.2, 0) is 0 Å². The number of hydrogen-bond acceptors (Lipinski definition) is 2. The fraction of sp³-hybridized carbons (Fsp3) is 0.882. The minimum Gasteiger partial charge on any atom is -0.316 e. The molecule has 0 saturated carbocycles. The first-order valence-corrected chi connectivity index (χ1v) is 8.10. The Labute approximate surface area is 120 Å². The molecular weight excluding hydrogens is 232 g/mol. The maximum atomic E-state index is 3.65. The maximum absolute atomic E-state index is 3.65. The summed E-state index contributed by atoms with van der Waals surface area (Å²) >= 11 is 0. The van der Waals surface area contributed by atoms with Gasteiger partial charge < -0.3 is 10.2 Å². The summed E-state index contributed by atoms with van der Waals surface area (Å²) in [6.07, 6.45) is 9.07. The number of likely N-dealkylation sites (tertiary alicyclic amines) is 1. The summed E-state index contributed by atoms with van der Waals surface area (Å²) in [7, 11) is 2.24. The Bertz CT molecular complexity index is 248. The van der Waals surface area contributed by atoms with E-state index in [1.54, 1.807) is 0 Å². The van der Waals surface area contributed by atoms with Gasteiger partial charge in [0, 0.05) is 0 Å². The lowest BCUT2D eigenvalue weighted by Crippen LogP contribution is -2.32. The van der Waals surface area contributed by atoms with Gasteiger partial charge >= 0.3 is 0 Å². The van der Waals surface area contributed by atoms with Crippen molar-refractivity contribution in [2.24, 2.45) is 11.8 Å². The van der Waals surface area contributed by atoms with Gasteiger partial charge in [-0.3, -0.25) is 0 Å². The highest BCUT2D eigenvalue weighted by Gasteiger charge is 2.15. The van der Waals surface area contributed by atoms with Crippen molar-refractivity contribution in [1.82, 2.24) is 10.2 Å². The zero-order chi connectivity index (χ0) is 14.1. The largest absolute Gasteiger partial charge is 0.316 e. The third-order valence-corrected chi connectivity index (χ3v) is 4.27. The molecule has 112 valence electrons. The molecular formula is C17H34N2. The first-order valence-electron chi connectivity index (χ1n) is 8.10. The van der Waals surface area contributed by atoms with E-state index < -0.39 is 0 Å². The summed E-state index contributed by atoms with van der Waals surface area (Å²) in [5, 5.41) is 3.65. The molecule has 0 aromatic heterocycles. The SMILES string of the molecule is CC(C)=CCCC(C)CNCCC1CCN(C)CC1. The summed E-state index contributed by atoms with van der Waals surface area (Å²) in [5.74, 6) is 1.76. The molecule has 0 aromatic rings. The lowest BCUT2D eigenvalue weighted by molar-refractivity contribution is 0.211. The van der Waals surface area contributed by atoms with Gasteiger partial charge in [0.25, 0.3) is 0 Å². The normalized spacial score (nSPS) is 19.4. The van der Waals surface area contributed by atoms with Crippen molar-refractivity contribution in [3.05, 3.63) is 11.6 Å². The third-order valence-electron chi connectivity index (χ3n) is 4.27. The molecule has 1 N–H and O–H groups in total. The molecule has 1 heterocycles. The van der Waals surface area contributed by atoms with Crippen molar-refractivity contribution in [1.29, 1.82) is 0 Å². The highest BCUT2D eigenvalue weighted by molar-refractivity contribution is 4.92. The Kier molecular flexibility index (Phi) is 8.40. The highest BCUT2D eigenvalue weighted by atomic mass is 15.1. The Hall–Kier alpha value is -0.340. The molecule has 1 aliphatic rings. The summed E-state index contributed by atoms with van der Waals surface area (Å²) in [5.41, 5.74) is 1.45. The molecule has 1 unspecified atom stereocenters. The van der Waals surface area contributed by atoms with Crippen LogP contribution in [0, 0.1) is 11.8 Å². The predicted octanol–water partition coefficient (Wildman–Crippen LogP) is 3.69. The van der Waals surface area contributed by atoms with E-state index in [0.29, 0.717) is 0 Å². The molecule has 1 saturated heterocycles. The van der Waals surface area contributed by atoms with Gasteiger partial charge in [-0.2, -0.15) is 0 Å². The number of nitrogens with one attached hydrogen (secondary N) is 1. The predicted molar refractivity (Wildman–Crippen MR) is 85.5 cm³/mol. The molecule has 1 aliphatic heterocycles. The van der Waals surface area contributed by atoms with E-state index in [9.17, 15) is 0 Å². The molecule has 0 amide bonds. The second-order valence-corrected chi connectivity index (χ2v) is 6.70. The highest BCUT2D eigenvalue weighted by Crippen LogP contribution is 2.18. The van der Waals surface area contributed by atoms with Crippen molar-refractivity contribution in [3.8, 4) is 0 Å². The second-order valence-electron chi connectivity index (χ2n) is 6.70. The minimum absolute atomic E-state index is 0.799. The van der Waals surface area contributed by atoms with Gasteiger partial charge in [0.15, 0.2) is 0 Å². The van der Waals surface area contributed by atoms with Gasteiger partial charge in [-0.25, -0.2) is 0 Å². The Balaban J connectivity index is 1.96. The zero-order valence-corrected chi connectivity index (χ0v) is 13.5. The van der Waals surface area contributed by atoms with Crippen LogP contribution in [0.3, 0.4) is 0 Å². The number of piperidine rings is 1. The van der Waals surface area contributed by atoms with Crippen molar-refractivity contribution in [2.45, 2.75) is 52.9 Å². The molecule has 0 aromatic carbocycles. The lowest BCUT2D eigenvalue weighted by atomic mass is 9.94. The van der Waals surface area contributed by atoms with Crippen LogP contribution in [0.4, 0.5) is 0 Å². The van der Waals surface area contributed by atoms with Crippen LogP contribution in [-0.4, -0.2) is 38.1 Å². The van der Waals surface area contributed by atoms with E-state index in [2.05, 4.69) is 44.1 Å². The van der Waals surface area contributed by atoms with Crippen LogP contribution >= 0.6 is 0 Å². The average molecular weight is 266 g/mol. The minimum atomic E-state index is 0.799. The lowest BCUT2D eigenvalue weighted by Gasteiger charge is -2.29. The topological polar surface area (TPSA) is 15.3 Å². The monoisotopic (exact) mass is 266 g/mol. The van der Waals surface area contributed by atoms with Crippen LogP contribution < -0.4 is 5.32 Å². The number of rotatable bonds is 8. The summed E-state index contributed by atoms with van der Waals surface area (Å²) in [4.78, 5) is 2.45. The van der Waals surface area contributed by atoms with Crippen molar-refractivity contribution < 1.29 is 0 Å². The molecule has 0 aliphatic carbocycles. The molecule has 0 radical (unpaired) electrons. The van der Waals surface area contributed by atoms with Gasteiger partial charge in [0.2, 0.25) is 0 Å².